The van der Waals surface area contributed by atoms with Gasteiger partial charge in [0, 0.05) is 9.86 Å². The zero-order chi connectivity index (χ0) is 11.0. The zero-order valence-electron chi connectivity index (χ0n) is 8.42. The average Bonchev–Trinajstić information content (AvgIpc) is 2.25. The van der Waals surface area contributed by atoms with Gasteiger partial charge in [-0.3, -0.25) is 0 Å². The molecule has 0 fully saturated rings. The molecule has 0 saturated carbocycles. The Morgan fingerprint density at radius 1 is 1.27 bits per heavy atom. The van der Waals surface area contributed by atoms with E-state index in [9.17, 15) is 5.11 Å². The van der Waals surface area contributed by atoms with E-state index < -0.39 is 0 Å². The maximum absolute atomic E-state index is 9.61. The summed E-state index contributed by atoms with van der Waals surface area (Å²) in [5.41, 5.74) is 7.50. The van der Waals surface area contributed by atoms with Crippen LogP contribution in [0.5, 0.6) is 5.75 Å². The molecular formula is C12H12BrNO. The number of rotatable bonds is 1. The van der Waals surface area contributed by atoms with Crippen molar-refractivity contribution in [1.82, 2.24) is 0 Å². The van der Waals surface area contributed by atoms with Crippen LogP contribution in [-0.2, 0) is 6.42 Å². The normalized spacial score (nSPS) is 10.8. The maximum Gasteiger partial charge on any atom is 0.140 e. The second-order valence-electron chi connectivity index (χ2n) is 3.52. The second-order valence-corrected chi connectivity index (χ2v) is 4.38. The van der Waals surface area contributed by atoms with Crippen LogP contribution < -0.4 is 5.73 Å². The Balaban J connectivity index is 2.85. The second kappa shape index (κ2) is 3.74. The number of benzene rings is 2. The highest BCUT2D eigenvalue weighted by molar-refractivity contribution is 9.10. The van der Waals surface area contributed by atoms with Gasteiger partial charge < -0.3 is 10.8 Å². The number of halogens is 1. The summed E-state index contributed by atoms with van der Waals surface area (Å²) in [6.45, 7) is 2.09. The fourth-order valence-electron chi connectivity index (χ4n) is 1.66. The molecule has 3 heteroatoms. The number of anilines is 1. The van der Waals surface area contributed by atoms with Gasteiger partial charge in [-0.05, 0) is 29.5 Å². The van der Waals surface area contributed by atoms with Gasteiger partial charge in [-0.1, -0.05) is 35.0 Å². The Morgan fingerprint density at radius 3 is 2.67 bits per heavy atom. The fourth-order valence-corrected chi connectivity index (χ4v) is 2.22. The number of aromatic hydroxyl groups is 1. The molecule has 0 bridgehead atoms. The molecule has 15 heavy (non-hydrogen) atoms. The molecule has 0 heterocycles. The number of nitrogen functional groups attached to an aromatic ring is 1. The van der Waals surface area contributed by atoms with Crippen LogP contribution in [0.25, 0.3) is 10.8 Å². The van der Waals surface area contributed by atoms with E-state index in [1.807, 2.05) is 12.1 Å². The molecule has 2 aromatic carbocycles. The molecule has 2 nitrogen and oxygen atoms in total. The molecule has 0 unspecified atom stereocenters. The van der Waals surface area contributed by atoms with Crippen molar-refractivity contribution < 1.29 is 5.11 Å². The van der Waals surface area contributed by atoms with E-state index >= 15 is 0 Å². The molecule has 0 saturated heterocycles. The molecule has 0 aromatic heterocycles. The molecule has 2 rings (SSSR count). The van der Waals surface area contributed by atoms with Crippen molar-refractivity contribution in [2.75, 3.05) is 5.73 Å². The number of nitrogens with two attached hydrogens (primary N) is 1. The summed E-state index contributed by atoms with van der Waals surface area (Å²) in [6.07, 6.45) is 0.961. The zero-order valence-corrected chi connectivity index (χ0v) is 10.0. The van der Waals surface area contributed by atoms with Crippen molar-refractivity contribution in [3.63, 3.8) is 0 Å². The van der Waals surface area contributed by atoms with Gasteiger partial charge >= 0.3 is 0 Å². The summed E-state index contributed by atoms with van der Waals surface area (Å²) in [7, 11) is 0. The highest BCUT2D eigenvalue weighted by atomic mass is 79.9. The van der Waals surface area contributed by atoms with Gasteiger partial charge in [0.1, 0.15) is 5.75 Å². The minimum absolute atomic E-state index is 0.127. The predicted molar refractivity (Wildman–Crippen MR) is 67.1 cm³/mol. The summed E-state index contributed by atoms with van der Waals surface area (Å²) in [6, 6.07) is 7.75. The third kappa shape index (κ3) is 1.67. The molecule has 0 aliphatic carbocycles. The fraction of sp³-hybridized carbons (Fsp3) is 0.167. The van der Waals surface area contributed by atoms with Crippen molar-refractivity contribution in [3.8, 4) is 5.75 Å². The Morgan fingerprint density at radius 2 is 2.00 bits per heavy atom. The first-order valence-corrected chi connectivity index (χ1v) is 5.62. The molecule has 0 spiro atoms. The van der Waals surface area contributed by atoms with Crippen LogP contribution in [0, 0.1) is 0 Å². The number of fused-ring (bicyclic) bond motifs is 1. The summed E-state index contributed by atoms with van der Waals surface area (Å²) in [5.74, 6) is 0.127. The number of hydrogen-bond acceptors (Lipinski definition) is 2. The first-order valence-electron chi connectivity index (χ1n) is 4.83. The van der Waals surface area contributed by atoms with Crippen LogP contribution in [0.3, 0.4) is 0 Å². The van der Waals surface area contributed by atoms with Gasteiger partial charge in [-0.15, -0.1) is 0 Å². The number of aryl methyl sites for hydroxylation is 1. The molecule has 0 atom stereocenters. The van der Waals surface area contributed by atoms with Crippen molar-refractivity contribution >= 4 is 32.4 Å². The van der Waals surface area contributed by atoms with Crippen LogP contribution in [0.2, 0.25) is 0 Å². The summed E-state index contributed by atoms with van der Waals surface area (Å²) >= 11 is 3.41. The quantitative estimate of drug-likeness (QED) is 0.613. The van der Waals surface area contributed by atoms with Crippen LogP contribution in [0.1, 0.15) is 12.5 Å². The maximum atomic E-state index is 9.61. The molecule has 0 amide bonds. The molecule has 2 aromatic rings. The van der Waals surface area contributed by atoms with Crippen molar-refractivity contribution in [3.05, 3.63) is 34.3 Å². The van der Waals surface area contributed by atoms with Crippen molar-refractivity contribution in [2.45, 2.75) is 13.3 Å². The standard InChI is InChI=1S/C12H12BrNO/c1-2-7-3-4-8-9(5-7)12(14)11(15)6-10(8)13/h3-6,15H,2,14H2,1H3. The van der Waals surface area contributed by atoms with Crippen molar-refractivity contribution in [1.29, 1.82) is 0 Å². The van der Waals surface area contributed by atoms with E-state index in [0.29, 0.717) is 5.69 Å². The minimum atomic E-state index is 0.127. The molecule has 3 N–H and O–H groups in total. The van der Waals surface area contributed by atoms with E-state index in [1.165, 1.54) is 5.56 Å². The molecule has 0 aliphatic heterocycles. The van der Waals surface area contributed by atoms with Gasteiger partial charge in [0.15, 0.2) is 0 Å². The van der Waals surface area contributed by atoms with Crippen LogP contribution >= 0.6 is 15.9 Å². The SMILES string of the molecule is CCc1ccc2c(Br)cc(O)c(N)c2c1. The third-order valence-electron chi connectivity index (χ3n) is 2.58. The number of hydrogen-bond donors (Lipinski definition) is 2. The van der Waals surface area contributed by atoms with E-state index in [0.717, 1.165) is 21.7 Å². The minimum Gasteiger partial charge on any atom is -0.506 e. The Bertz CT molecular complexity index is 523. The lowest BCUT2D eigenvalue weighted by atomic mass is 10.0. The van der Waals surface area contributed by atoms with Crippen molar-refractivity contribution in [2.24, 2.45) is 0 Å². The van der Waals surface area contributed by atoms with E-state index in [1.54, 1.807) is 6.07 Å². The van der Waals surface area contributed by atoms with Gasteiger partial charge in [0.25, 0.3) is 0 Å². The summed E-state index contributed by atoms with van der Waals surface area (Å²) in [4.78, 5) is 0. The molecule has 78 valence electrons. The topological polar surface area (TPSA) is 46.2 Å². The van der Waals surface area contributed by atoms with E-state index in [2.05, 4.69) is 28.9 Å². The van der Waals surface area contributed by atoms with Crippen LogP contribution in [0.15, 0.2) is 28.7 Å². The van der Waals surface area contributed by atoms with Crippen LogP contribution in [0.4, 0.5) is 5.69 Å². The molecule has 0 radical (unpaired) electrons. The summed E-state index contributed by atoms with van der Waals surface area (Å²) in [5, 5.41) is 11.5. The summed E-state index contributed by atoms with van der Waals surface area (Å²) < 4.78 is 0.867. The lowest BCUT2D eigenvalue weighted by Gasteiger charge is -2.08. The average molecular weight is 266 g/mol. The first kappa shape index (κ1) is 10.3. The van der Waals surface area contributed by atoms with Gasteiger partial charge in [0.2, 0.25) is 0 Å². The smallest absolute Gasteiger partial charge is 0.140 e. The highest BCUT2D eigenvalue weighted by Gasteiger charge is 2.07. The Hall–Kier alpha value is -1.22. The van der Waals surface area contributed by atoms with Gasteiger partial charge in [0.05, 0.1) is 5.69 Å². The largest absolute Gasteiger partial charge is 0.506 e. The third-order valence-corrected chi connectivity index (χ3v) is 3.24. The monoisotopic (exact) mass is 265 g/mol. The lowest BCUT2D eigenvalue weighted by molar-refractivity contribution is 0.478. The van der Waals surface area contributed by atoms with Crippen LogP contribution in [-0.4, -0.2) is 5.11 Å². The molecule has 0 aliphatic rings. The Labute approximate surface area is 96.8 Å². The van der Waals surface area contributed by atoms with Gasteiger partial charge in [-0.25, -0.2) is 0 Å². The first-order chi connectivity index (χ1) is 7.13. The van der Waals surface area contributed by atoms with E-state index in [-0.39, 0.29) is 5.75 Å². The lowest BCUT2D eigenvalue weighted by Crippen LogP contribution is -1.90. The van der Waals surface area contributed by atoms with Gasteiger partial charge in [-0.2, -0.15) is 0 Å². The number of phenols is 1. The van der Waals surface area contributed by atoms with E-state index in [4.69, 9.17) is 5.73 Å². The highest BCUT2D eigenvalue weighted by Crippen LogP contribution is 2.36. The molecular weight excluding hydrogens is 254 g/mol. The Kier molecular flexibility index (Phi) is 2.57. The number of phenolic OH excluding ortho intramolecular Hbond substituents is 1. The predicted octanol–water partition coefficient (Wildman–Crippen LogP) is 3.45.